The number of rotatable bonds is 7. The van der Waals surface area contributed by atoms with Crippen molar-refractivity contribution in [2.75, 3.05) is 6.61 Å². The number of aryl methyl sites for hydroxylation is 1. The zero-order chi connectivity index (χ0) is 18.4. The van der Waals surface area contributed by atoms with Crippen molar-refractivity contribution >= 4 is 17.3 Å². The lowest BCUT2D eigenvalue weighted by Gasteiger charge is -2.19. The van der Waals surface area contributed by atoms with Gasteiger partial charge in [0.25, 0.3) is 0 Å². The Bertz CT molecular complexity index is 740. The number of hydrogen-bond acceptors (Lipinski definition) is 6. The lowest BCUT2D eigenvalue weighted by Crippen LogP contribution is -2.45. The topological polar surface area (TPSA) is 112 Å². The highest BCUT2D eigenvalue weighted by molar-refractivity contribution is 5.76. The van der Waals surface area contributed by atoms with Gasteiger partial charge in [-0.3, -0.25) is 9.48 Å². The number of aliphatic hydroxyl groups excluding tert-OH is 2. The van der Waals surface area contributed by atoms with Crippen molar-refractivity contribution in [3.63, 3.8) is 0 Å². The van der Waals surface area contributed by atoms with Crippen LogP contribution < -0.4 is 5.32 Å². The summed E-state index contributed by atoms with van der Waals surface area (Å²) < 4.78 is 1.53. The van der Waals surface area contributed by atoms with Crippen LogP contribution in [0, 0.1) is 13.8 Å². The number of amides is 1. The molecule has 2 aromatic rings. The molecule has 0 saturated carbocycles. The summed E-state index contributed by atoms with van der Waals surface area (Å²) in [5, 5.41) is 34.0. The highest BCUT2D eigenvalue weighted by atomic mass is 16.3. The van der Waals surface area contributed by atoms with E-state index in [1.54, 1.807) is 6.92 Å². The van der Waals surface area contributed by atoms with Crippen LogP contribution in [0.15, 0.2) is 40.6 Å². The maximum absolute atomic E-state index is 12.1. The number of aromatic nitrogens is 2. The van der Waals surface area contributed by atoms with E-state index in [-0.39, 0.29) is 19.1 Å². The molecule has 0 aliphatic rings. The minimum atomic E-state index is -0.843. The molecule has 8 nitrogen and oxygen atoms in total. The van der Waals surface area contributed by atoms with Crippen molar-refractivity contribution in [3.05, 3.63) is 41.7 Å². The molecule has 0 radical (unpaired) electrons. The van der Waals surface area contributed by atoms with Crippen LogP contribution >= 0.6 is 0 Å². The Morgan fingerprint density at radius 3 is 2.56 bits per heavy atom. The van der Waals surface area contributed by atoms with Crippen LogP contribution in [-0.2, 0) is 11.3 Å². The molecule has 2 atom stereocenters. The van der Waals surface area contributed by atoms with E-state index in [1.807, 2.05) is 37.3 Å². The van der Waals surface area contributed by atoms with Gasteiger partial charge in [0.1, 0.15) is 12.2 Å². The summed E-state index contributed by atoms with van der Waals surface area (Å²) in [5.74, 6) is -0.350. The molecule has 1 aromatic carbocycles. The fourth-order valence-corrected chi connectivity index (χ4v) is 2.30. The molecule has 1 aromatic heterocycles. The lowest BCUT2D eigenvalue weighted by molar-refractivity contribution is -0.123. The predicted molar refractivity (Wildman–Crippen MR) is 93.0 cm³/mol. The Balaban J connectivity index is 2.11. The summed E-state index contributed by atoms with van der Waals surface area (Å²) in [5.41, 5.74) is 2.73. The fraction of sp³-hybridized carbons (Fsp3) is 0.412. The van der Waals surface area contributed by atoms with Crippen LogP contribution in [0.5, 0.6) is 0 Å². The first-order chi connectivity index (χ1) is 11.9. The maximum atomic E-state index is 12.1. The van der Waals surface area contributed by atoms with Crippen LogP contribution in [0.3, 0.4) is 0 Å². The van der Waals surface area contributed by atoms with Crippen molar-refractivity contribution in [3.8, 4) is 0 Å². The summed E-state index contributed by atoms with van der Waals surface area (Å²) >= 11 is 0. The highest BCUT2D eigenvalue weighted by Gasteiger charge is 2.19. The molecule has 25 heavy (non-hydrogen) atoms. The normalized spacial score (nSPS) is 13.8. The number of benzene rings is 1. The molecule has 0 saturated heterocycles. The standard InChI is InChI=1S/C17H23N5O3/c1-11-17(20-19-14-7-5-4-6-8-14)12(2)22(21-11)9-16(25)18-15(10-23)13(3)24/h4-8,13,15,23-24H,9-10H2,1-3H3,(H,18,25)/t13-,15-/m1/s1. The lowest BCUT2D eigenvalue weighted by atomic mass is 10.2. The predicted octanol–water partition coefficient (Wildman–Crippen LogP) is 1.77. The fourth-order valence-electron chi connectivity index (χ4n) is 2.30. The van der Waals surface area contributed by atoms with Crippen molar-refractivity contribution < 1.29 is 15.0 Å². The summed E-state index contributed by atoms with van der Waals surface area (Å²) in [6.07, 6.45) is -0.843. The van der Waals surface area contributed by atoms with Gasteiger partial charge in [-0.25, -0.2) is 0 Å². The van der Waals surface area contributed by atoms with E-state index < -0.39 is 12.1 Å². The Kier molecular flexibility index (Phi) is 6.37. The number of aliphatic hydroxyl groups is 2. The van der Waals surface area contributed by atoms with Crippen molar-refractivity contribution in [1.29, 1.82) is 0 Å². The number of carbonyl (C=O) groups excluding carboxylic acids is 1. The van der Waals surface area contributed by atoms with Gasteiger partial charge in [0.15, 0.2) is 0 Å². The monoisotopic (exact) mass is 345 g/mol. The molecule has 1 amide bonds. The van der Waals surface area contributed by atoms with Gasteiger partial charge in [0.2, 0.25) is 5.91 Å². The van der Waals surface area contributed by atoms with Crippen LogP contribution in [-0.4, -0.2) is 44.7 Å². The van der Waals surface area contributed by atoms with Gasteiger partial charge in [-0.05, 0) is 32.9 Å². The minimum Gasteiger partial charge on any atom is -0.394 e. The molecule has 8 heteroatoms. The van der Waals surface area contributed by atoms with Crippen molar-refractivity contribution in [2.24, 2.45) is 10.2 Å². The second-order valence-electron chi connectivity index (χ2n) is 5.81. The average Bonchev–Trinajstić information content (AvgIpc) is 2.85. The SMILES string of the molecule is Cc1nn(CC(=O)N[C@H](CO)[C@@H](C)O)c(C)c1N=Nc1ccccc1. The van der Waals surface area contributed by atoms with E-state index in [4.69, 9.17) is 5.11 Å². The Morgan fingerprint density at radius 2 is 1.96 bits per heavy atom. The Labute approximate surface area is 146 Å². The van der Waals surface area contributed by atoms with Crippen LogP contribution in [0.1, 0.15) is 18.3 Å². The van der Waals surface area contributed by atoms with Crippen LogP contribution in [0.2, 0.25) is 0 Å². The summed E-state index contributed by atoms with van der Waals surface area (Å²) in [7, 11) is 0. The van der Waals surface area contributed by atoms with Crippen molar-refractivity contribution in [1.82, 2.24) is 15.1 Å². The van der Waals surface area contributed by atoms with Crippen LogP contribution in [0.4, 0.5) is 11.4 Å². The minimum absolute atomic E-state index is 0.0310. The van der Waals surface area contributed by atoms with E-state index in [1.165, 1.54) is 11.6 Å². The molecule has 0 bridgehead atoms. The van der Waals surface area contributed by atoms with Gasteiger partial charge < -0.3 is 15.5 Å². The Hall–Kier alpha value is -2.58. The second-order valence-corrected chi connectivity index (χ2v) is 5.81. The van der Waals surface area contributed by atoms with Crippen LogP contribution in [0.25, 0.3) is 0 Å². The van der Waals surface area contributed by atoms with Gasteiger partial charge >= 0.3 is 0 Å². The smallest absolute Gasteiger partial charge is 0.242 e. The van der Waals surface area contributed by atoms with E-state index >= 15 is 0 Å². The van der Waals surface area contributed by atoms with Gasteiger partial charge in [-0.15, -0.1) is 5.11 Å². The molecule has 1 heterocycles. The third kappa shape index (κ3) is 4.94. The average molecular weight is 345 g/mol. The molecule has 0 fully saturated rings. The van der Waals surface area contributed by atoms with Gasteiger partial charge in [0, 0.05) is 0 Å². The first-order valence-corrected chi connectivity index (χ1v) is 8.01. The molecular formula is C17H23N5O3. The number of hydrogen-bond donors (Lipinski definition) is 3. The second kappa shape index (κ2) is 8.50. The summed E-state index contributed by atoms with van der Waals surface area (Å²) in [6, 6.07) is 8.64. The van der Waals surface area contributed by atoms with Crippen molar-refractivity contribution in [2.45, 2.75) is 39.5 Å². The number of nitrogens with one attached hydrogen (secondary N) is 1. The summed E-state index contributed by atoms with van der Waals surface area (Å²) in [6.45, 7) is 4.75. The zero-order valence-electron chi connectivity index (χ0n) is 14.5. The molecule has 3 N–H and O–H groups in total. The summed E-state index contributed by atoms with van der Waals surface area (Å²) in [4.78, 5) is 12.1. The first-order valence-electron chi connectivity index (χ1n) is 8.01. The van der Waals surface area contributed by atoms with E-state index in [9.17, 15) is 9.90 Å². The molecule has 0 aliphatic heterocycles. The molecular weight excluding hydrogens is 322 g/mol. The quantitative estimate of drug-likeness (QED) is 0.664. The highest BCUT2D eigenvalue weighted by Crippen LogP contribution is 2.25. The number of carbonyl (C=O) groups is 1. The first kappa shape index (κ1) is 18.8. The zero-order valence-corrected chi connectivity index (χ0v) is 14.5. The van der Waals surface area contributed by atoms with Gasteiger partial charge in [-0.2, -0.15) is 10.2 Å². The Morgan fingerprint density at radius 1 is 1.28 bits per heavy atom. The molecule has 2 rings (SSSR count). The third-order valence-electron chi connectivity index (χ3n) is 3.78. The third-order valence-corrected chi connectivity index (χ3v) is 3.78. The number of azo groups is 1. The van der Waals surface area contributed by atoms with E-state index in [0.717, 1.165) is 5.69 Å². The van der Waals surface area contributed by atoms with Gasteiger partial charge in [0.05, 0.1) is 35.8 Å². The van der Waals surface area contributed by atoms with E-state index in [2.05, 4.69) is 20.6 Å². The maximum Gasteiger partial charge on any atom is 0.242 e. The number of nitrogens with zero attached hydrogens (tertiary/aromatic N) is 4. The molecule has 0 aliphatic carbocycles. The molecule has 0 spiro atoms. The largest absolute Gasteiger partial charge is 0.394 e. The van der Waals surface area contributed by atoms with Gasteiger partial charge in [-0.1, -0.05) is 18.2 Å². The van der Waals surface area contributed by atoms with E-state index in [0.29, 0.717) is 17.1 Å². The molecule has 0 unspecified atom stereocenters. The molecule has 134 valence electrons.